The summed E-state index contributed by atoms with van der Waals surface area (Å²) in [6.07, 6.45) is 15.0. The highest BCUT2D eigenvalue weighted by Crippen LogP contribution is 2.72. The molecule has 3 nitrogen and oxygen atoms in total. The maximum absolute atomic E-state index is 10.4. The van der Waals surface area contributed by atoms with Crippen LogP contribution >= 0.6 is 0 Å². The van der Waals surface area contributed by atoms with Crippen LogP contribution in [-0.4, -0.2) is 22.4 Å². The molecule has 3 heteroatoms. The van der Waals surface area contributed by atoms with Crippen LogP contribution in [0.4, 0.5) is 0 Å². The molecule has 2 bridgehead atoms. The van der Waals surface area contributed by atoms with Crippen LogP contribution in [-0.2, 0) is 9.78 Å². The molecule has 10 atom stereocenters. The van der Waals surface area contributed by atoms with Crippen molar-refractivity contribution in [3.8, 4) is 0 Å². The standard InChI is InChI=1S/C28H46O3/c1-18(2)19(3)7-8-20(4)22-9-10-23-25(22,5)13-12-24-26(6)14-11-21(29)17-27(26)15-16-28(23,24)31-30-27/h15-16,18-24,29H,7-14,17H2,1-6H3/t19-,20+,21-,22+,23?,24?,25+,26+,27+,28-/m0/s1. The number of rotatable bonds is 5. The molecule has 0 amide bonds. The quantitative estimate of drug-likeness (QED) is 0.390. The van der Waals surface area contributed by atoms with Gasteiger partial charge in [-0.1, -0.05) is 60.5 Å². The Bertz CT molecular complexity index is 732. The Morgan fingerprint density at radius 1 is 0.903 bits per heavy atom. The van der Waals surface area contributed by atoms with Crippen molar-refractivity contribution in [2.45, 2.75) is 117 Å². The second-order valence-electron chi connectivity index (χ2n) is 13.2. The molecule has 1 N–H and O–H groups in total. The van der Waals surface area contributed by atoms with Gasteiger partial charge in [-0.3, -0.25) is 0 Å². The average Bonchev–Trinajstić information content (AvgIpc) is 3.09. The van der Waals surface area contributed by atoms with E-state index in [2.05, 4.69) is 53.7 Å². The first-order valence-corrected chi connectivity index (χ1v) is 13.3. The topological polar surface area (TPSA) is 38.7 Å². The fraction of sp³-hybridized carbons (Fsp3) is 0.929. The second-order valence-corrected chi connectivity index (χ2v) is 13.2. The van der Waals surface area contributed by atoms with Crippen LogP contribution < -0.4 is 0 Å². The Hall–Kier alpha value is -0.380. The summed E-state index contributed by atoms with van der Waals surface area (Å²) >= 11 is 0. The van der Waals surface area contributed by atoms with Crippen molar-refractivity contribution >= 4 is 0 Å². The van der Waals surface area contributed by atoms with Crippen molar-refractivity contribution in [1.29, 1.82) is 0 Å². The van der Waals surface area contributed by atoms with E-state index in [0.29, 0.717) is 23.7 Å². The van der Waals surface area contributed by atoms with Gasteiger partial charge in [-0.15, -0.1) is 0 Å². The number of aliphatic hydroxyl groups excluding tert-OH is 1. The molecule has 6 rings (SSSR count). The molecule has 4 fully saturated rings. The zero-order chi connectivity index (χ0) is 22.2. The summed E-state index contributed by atoms with van der Waals surface area (Å²) in [6.45, 7) is 14.7. The van der Waals surface area contributed by atoms with Gasteiger partial charge < -0.3 is 5.11 Å². The van der Waals surface area contributed by atoms with E-state index in [1.807, 2.05) is 0 Å². The molecule has 2 aliphatic heterocycles. The van der Waals surface area contributed by atoms with Crippen molar-refractivity contribution in [3.63, 3.8) is 0 Å². The predicted molar refractivity (Wildman–Crippen MR) is 124 cm³/mol. The molecule has 176 valence electrons. The summed E-state index contributed by atoms with van der Waals surface area (Å²) in [7, 11) is 0. The van der Waals surface area contributed by atoms with Gasteiger partial charge in [0.2, 0.25) is 0 Å². The Kier molecular flexibility index (Phi) is 5.28. The molecule has 1 saturated heterocycles. The van der Waals surface area contributed by atoms with Crippen LogP contribution in [0, 0.1) is 46.3 Å². The third-order valence-electron chi connectivity index (χ3n) is 11.6. The van der Waals surface area contributed by atoms with Crippen LogP contribution in [0.1, 0.15) is 99.3 Å². The van der Waals surface area contributed by atoms with Crippen molar-refractivity contribution in [2.24, 2.45) is 46.3 Å². The van der Waals surface area contributed by atoms with Crippen molar-refractivity contribution < 1.29 is 14.9 Å². The summed E-state index contributed by atoms with van der Waals surface area (Å²) in [4.78, 5) is 12.8. The van der Waals surface area contributed by atoms with E-state index in [1.165, 1.54) is 38.5 Å². The molecule has 6 aliphatic rings. The summed E-state index contributed by atoms with van der Waals surface area (Å²) in [5, 5.41) is 10.4. The van der Waals surface area contributed by atoms with Crippen LogP contribution in [0.25, 0.3) is 0 Å². The van der Waals surface area contributed by atoms with Crippen LogP contribution in [0.5, 0.6) is 0 Å². The smallest absolute Gasteiger partial charge is 0.130 e. The first-order valence-electron chi connectivity index (χ1n) is 13.3. The van der Waals surface area contributed by atoms with E-state index in [-0.39, 0.29) is 17.1 Å². The zero-order valence-corrected chi connectivity index (χ0v) is 20.8. The molecule has 2 unspecified atom stereocenters. The Morgan fingerprint density at radius 3 is 2.35 bits per heavy atom. The third kappa shape index (κ3) is 2.94. The van der Waals surface area contributed by atoms with Crippen LogP contribution in [0.2, 0.25) is 0 Å². The largest absolute Gasteiger partial charge is 0.393 e. The lowest BCUT2D eigenvalue weighted by Crippen LogP contribution is -2.73. The van der Waals surface area contributed by atoms with Gasteiger partial charge in [0.15, 0.2) is 0 Å². The van der Waals surface area contributed by atoms with E-state index in [4.69, 9.17) is 9.78 Å². The molecular formula is C28H46O3. The molecule has 3 saturated carbocycles. The fourth-order valence-corrected chi connectivity index (χ4v) is 9.14. The van der Waals surface area contributed by atoms with E-state index in [9.17, 15) is 5.11 Å². The molecule has 31 heavy (non-hydrogen) atoms. The molecule has 2 spiro atoms. The van der Waals surface area contributed by atoms with Crippen molar-refractivity contribution in [3.05, 3.63) is 12.2 Å². The molecule has 0 aromatic rings. The van der Waals surface area contributed by atoms with Gasteiger partial charge in [0.1, 0.15) is 11.2 Å². The van der Waals surface area contributed by atoms with Gasteiger partial charge >= 0.3 is 0 Å². The van der Waals surface area contributed by atoms with E-state index in [0.717, 1.165) is 36.5 Å². The minimum atomic E-state index is -0.427. The average molecular weight is 431 g/mol. The SMILES string of the molecule is CC(C)[C@@H](C)CC[C@@H](C)[C@H]1CCC2[C@@]34C=C[C@]5(C[C@@H](O)CC[C@]5(C)C3CC[C@@]21C)OO4. The molecule has 0 aromatic heterocycles. The van der Waals surface area contributed by atoms with Gasteiger partial charge in [-0.25, -0.2) is 9.78 Å². The Balaban J connectivity index is 1.41. The van der Waals surface area contributed by atoms with E-state index in [1.54, 1.807) is 0 Å². The van der Waals surface area contributed by atoms with Gasteiger partial charge in [0.25, 0.3) is 0 Å². The minimum absolute atomic E-state index is 0.0803. The lowest BCUT2D eigenvalue weighted by atomic mass is 9.42. The Morgan fingerprint density at radius 2 is 1.68 bits per heavy atom. The predicted octanol–water partition coefficient (Wildman–Crippen LogP) is 6.70. The monoisotopic (exact) mass is 430 g/mol. The highest BCUT2D eigenvalue weighted by molar-refractivity contribution is 5.33. The first kappa shape index (κ1) is 22.4. The summed E-state index contributed by atoms with van der Waals surface area (Å²) in [5.74, 6) is 4.22. The number of hydrogen-bond donors (Lipinski definition) is 1. The molecule has 0 aromatic carbocycles. The molecule has 0 radical (unpaired) electrons. The van der Waals surface area contributed by atoms with Crippen LogP contribution in [0.3, 0.4) is 0 Å². The highest BCUT2D eigenvalue weighted by atomic mass is 17.2. The summed E-state index contributed by atoms with van der Waals surface area (Å²) in [6, 6.07) is 0. The maximum atomic E-state index is 10.4. The summed E-state index contributed by atoms with van der Waals surface area (Å²) in [5.41, 5.74) is -0.266. The normalized spacial score (nSPS) is 52.5. The first-order chi connectivity index (χ1) is 14.6. The second kappa shape index (κ2) is 7.31. The van der Waals surface area contributed by atoms with Gasteiger partial charge in [-0.2, -0.15) is 0 Å². The molecule has 2 heterocycles. The number of hydrogen-bond acceptors (Lipinski definition) is 3. The number of aliphatic hydroxyl groups is 1. The van der Waals surface area contributed by atoms with E-state index >= 15 is 0 Å². The lowest BCUT2D eigenvalue weighted by Gasteiger charge is -2.69. The van der Waals surface area contributed by atoms with E-state index < -0.39 is 5.60 Å². The van der Waals surface area contributed by atoms with Crippen LogP contribution in [0.15, 0.2) is 12.2 Å². The van der Waals surface area contributed by atoms with Crippen molar-refractivity contribution in [1.82, 2.24) is 0 Å². The minimum Gasteiger partial charge on any atom is -0.393 e. The lowest BCUT2D eigenvalue weighted by molar-refractivity contribution is -0.497. The summed E-state index contributed by atoms with van der Waals surface area (Å²) < 4.78 is 0. The third-order valence-corrected chi connectivity index (χ3v) is 11.6. The van der Waals surface area contributed by atoms with Gasteiger partial charge in [0.05, 0.1) is 6.10 Å². The maximum Gasteiger partial charge on any atom is 0.130 e. The highest BCUT2D eigenvalue weighted by Gasteiger charge is 2.74. The fourth-order valence-electron chi connectivity index (χ4n) is 9.14. The number of fused-ring (bicyclic) bond motifs is 2. The molecule has 4 aliphatic carbocycles. The Labute approximate surface area is 190 Å². The van der Waals surface area contributed by atoms with Gasteiger partial charge in [-0.05, 0) is 73.7 Å². The van der Waals surface area contributed by atoms with Crippen molar-refractivity contribution in [2.75, 3.05) is 0 Å². The van der Waals surface area contributed by atoms with Gasteiger partial charge in [0, 0.05) is 23.7 Å². The molecular weight excluding hydrogens is 384 g/mol. The zero-order valence-electron chi connectivity index (χ0n) is 20.8.